The van der Waals surface area contributed by atoms with Gasteiger partial charge >= 0.3 is 29.4 Å². The number of nitro groups is 1. The molecule has 0 aliphatic heterocycles. The van der Waals surface area contributed by atoms with Crippen LogP contribution in [0.5, 0.6) is 40.2 Å². The zero-order valence-corrected chi connectivity index (χ0v) is 60.3. The highest BCUT2D eigenvalue weighted by Gasteiger charge is 2.24. The van der Waals surface area contributed by atoms with Gasteiger partial charge in [0.15, 0.2) is 0 Å². The third-order valence-corrected chi connectivity index (χ3v) is 13.9. The van der Waals surface area contributed by atoms with Gasteiger partial charge in [0.25, 0.3) is 5.69 Å². The highest BCUT2D eigenvalue weighted by molar-refractivity contribution is 6.61. The van der Waals surface area contributed by atoms with E-state index in [9.17, 15) is 66.4 Å². The number of hydrogen-bond acceptors (Lipinski definition) is 24. The summed E-state index contributed by atoms with van der Waals surface area (Å²) in [6.45, 7) is 0. The van der Waals surface area contributed by atoms with Crippen LogP contribution in [0.25, 0.3) is 33.8 Å². The van der Waals surface area contributed by atoms with Gasteiger partial charge in [-0.25, -0.2) is 42.5 Å². The number of aliphatic hydroxyl groups is 1. The molecule has 0 spiro atoms. The fraction of sp³-hybridized carbons (Fsp3) is 0.120. The smallest absolute Gasteiger partial charge is 0.409 e. The van der Waals surface area contributed by atoms with Crippen LogP contribution in [0.2, 0.25) is 0 Å². The molecular formula is C75H75ClF3N15O18. The summed E-state index contributed by atoms with van der Waals surface area (Å²) in [5.74, 6) is -0.974. The molecule has 0 fully saturated rings. The maximum atomic E-state index is 13.0. The molecule has 10 rings (SSSR count). The normalized spacial score (nSPS) is 10.7. The molecule has 0 aliphatic carbocycles. The molecule has 7 aromatic carbocycles. The number of nitrogens with zero attached hydrogens (tertiary/aromatic N) is 4. The molecule has 10 aromatic rings. The fourth-order valence-electron chi connectivity index (χ4n) is 8.64. The minimum atomic E-state index is -1.23. The molecule has 37 heteroatoms. The van der Waals surface area contributed by atoms with Gasteiger partial charge in [0.2, 0.25) is 23.6 Å². The van der Waals surface area contributed by atoms with E-state index in [4.69, 9.17) is 65.3 Å². The van der Waals surface area contributed by atoms with E-state index in [1.165, 1.54) is 92.0 Å². The molecule has 0 radical (unpaired) electrons. The van der Waals surface area contributed by atoms with Crippen molar-refractivity contribution >= 4 is 87.8 Å². The number of urea groups is 2. The lowest BCUT2D eigenvalue weighted by Crippen LogP contribution is -2.48. The molecule has 3 aromatic heterocycles. The van der Waals surface area contributed by atoms with Crippen molar-refractivity contribution in [2.24, 2.45) is 28.7 Å². The molecule has 112 heavy (non-hydrogen) atoms. The standard InChI is InChI=1S/C23H21FN4O5.C22H20FN5O4.C17H13FN2O.C7H4ClNO4.C5H10N2O3.CH4O.H3N/c1-32-21(29)13-19(22(25)30)27-23(31)28-20-4-2-3-18(26-20)14-5-9-16(10-6-14)33-17-11-7-15(24)8-12-17;23-14-6-10-16(11-7-14)32-15-8-4-13(5-9-15)17-2-1-3-20(26-17)28-22(31)27-18(21(25)30)12-19(24)29;18-13-6-10-15(11-7-13)21-14-8-4-12(5-9-14)16-2-1-3-17(19)20-16;8-7(10)13-6-3-1-5(2-4-6)9(11)12;1-10-5(9)3(6)2-4(7)8;1-2;/h2-12,19H,13H2,1H3,(H2,25,30)(H2,26,27,28,31);1-11,18H,12H2,(H2,24,29)(H2,25,30)(H2,26,27,28,31);1-11H,(H2,19,20);1-4H;3H,2,6H2,1H3,(H2,7,8);2H,1H3;1H3/t19-;18-;;;3-;;/m00..0../s1. The second-order valence-electron chi connectivity index (χ2n) is 22.0. The number of non-ortho nitro benzene ring substituents is 1. The van der Waals surface area contributed by atoms with Gasteiger partial charge in [0, 0.05) is 47.5 Å². The highest BCUT2D eigenvalue weighted by Crippen LogP contribution is 2.30. The van der Waals surface area contributed by atoms with E-state index in [0.29, 0.717) is 51.7 Å². The Kier molecular flexibility index (Phi) is 37.2. The summed E-state index contributed by atoms with van der Waals surface area (Å²) < 4.78 is 69.0. The molecule has 0 aliphatic rings. The number of carbonyl (C=O) groups is 9. The first kappa shape index (κ1) is 89.8. The number of pyridine rings is 3. The first-order chi connectivity index (χ1) is 53.0. The number of anilines is 3. The van der Waals surface area contributed by atoms with Crippen LogP contribution in [0.1, 0.15) is 19.3 Å². The van der Waals surface area contributed by atoms with Crippen molar-refractivity contribution in [1.29, 1.82) is 0 Å². The number of halogens is 4. The Labute approximate surface area is 641 Å². The predicted molar refractivity (Wildman–Crippen MR) is 406 cm³/mol. The van der Waals surface area contributed by atoms with Gasteiger partial charge < -0.3 is 84.7 Å². The van der Waals surface area contributed by atoms with Crippen LogP contribution in [-0.2, 0) is 38.2 Å². The molecule has 3 heterocycles. The zero-order valence-electron chi connectivity index (χ0n) is 59.6. The highest BCUT2D eigenvalue weighted by atomic mass is 35.5. The number of nitrogen functional groups attached to an aromatic ring is 1. The summed E-state index contributed by atoms with van der Waals surface area (Å²) >= 11 is 4.92. The van der Waals surface area contributed by atoms with Crippen molar-refractivity contribution in [3.8, 4) is 74.0 Å². The van der Waals surface area contributed by atoms with Crippen LogP contribution < -0.4 is 80.8 Å². The van der Waals surface area contributed by atoms with E-state index in [1.54, 1.807) is 103 Å². The second kappa shape index (κ2) is 46.5. The maximum absolute atomic E-state index is 13.0. The van der Waals surface area contributed by atoms with E-state index in [-0.39, 0.29) is 59.5 Å². The van der Waals surface area contributed by atoms with E-state index >= 15 is 0 Å². The van der Waals surface area contributed by atoms with Crippen molar-refractivity contribution in [3.63, 3.8) is 0 Å². The predicted octanol–water partition coefficient (Wildman–Crippen LogP) is 10.5. The lowest BCUT2D eigenvalue weighted by atomic mass is 10.1. The van der Waals surface area contributed by atoms with Gasteiger partial charge in [0.05, 0.1) is 55.5 Å². The summed E-state index contributed by atoms with van der Waals surface area (Å²) in [4.78, 5) is 123. The van der Waals surface area contributed by atoms with Gasteiger partial charge in [-0.1, -0.05) is 18.2 Å². The van der Waals surface area contributed by atoms with Crippen molar-refractivity contribution in [2.45, 2.75) is 37.4 Å². The fourth-order valence-corrected chi connectivity index (χ4v) is 8.73. The number of hydrogen-bond donors (Lipinski definition) is 12. The van der Waals surface area contributed by atoms with Gasteiger partial charge in [-0.05, 0) is 194 Å². The number of rotatable bonds is 24. The van der Waals surface area contributed by atoms with Crippen LogP contribution in [0, 0.1) is 27.6 Å². The Morgan fingerprint density at radius 3 is 1.09 bits per heavy atom. The number of carbonyl (C=O) groups excluding carboxylic acids is 9. The van der Waals surface area contributed by atoms with Crippen molar-refractivity contribution < 1.29 is 94.8 Å². The Bertz CT molecular complexity index is 4760. The van der Waals surface area contributed by atoms with Crippen LogP contribution in [0.3, 0.4) is 0 Å². The number of aromatic nitrogens is 3. The Balaban J connectivity index is 0.000000310. The van der Waals surface area contributed by atoms with Gasteiger partial charge in [-0.15, -0.1) is 0 Å². The average molecular weight is 1570 g/mol. The van der Waals surface area contributed by atoms with Crippen molar-refractivity contribution in [1.82, 2.24) is 31.7 Å². The minimum absolute atomic E-state index is 0. The van der Waals surface area contributed by atoms with Crippen LogP contribution in [0.15, 0.2) is 224 Å². The van der Waals surface area contributed by atoms with Gasteiger partial charge in [-0.3, -0.25) is 49.5 Å². The first-order valence-electron chi connectivity index (χ1n) is 32.1. The van der Waals surface area contributed by atoms with E-state index in [2.05, 4.69) is 50.4 Å². The molecule has 0 bridgehead atoms. The van der Waals surface area contributed by atoms with Gasteiger partial charge in [-0.2, -0.15) is 0 Å². The number of nitrogens with two attached hydrogens (primary N) is 6. The molecule has 3 atom stereocenters. The molecule has 0 saturated carbocycles. The van der Waals surface area contributed by atoms with E-state index in [0.717, 1.165) is 36.6 Å². The summed E-state index contributed by atoms with van der Waals surface area (Å²) in [5.41, 5.74) is 34.4. The molecule has 20 N–H and O–H groups in total. The molecule has 8 amide bonds. The first-order valence-corrected chi connectivity index (χ1v) is 32.4. The number of esters is 2. The van der Waals surface area contributed by atoms with Crippen molar-refractivity contribution in [2.75, 3.05) is 37.7 Å². The lowest BCUT2D eigenvalue weighted by molar-refractivity contribution is -0.384. The number of methoxy groups -OCH3 is 2. The number of amides is 8. The number of primary amides is 4. The number of nitro benzene ring substituents is 1. The lowest BCUT2D eigenvalue weighted by Gasteiger charge is -2.15. The topological polar surface area (TPSA) is 550 Å². The third kappa shape index (κ3) is 32.6. The number of ether oxygens (including phenoxy) is 6. The summed E-state index contributed by atoms with van der Waals surface area (Å²) in [6, 6.07) is 54.4. The average Bonchev–Trinajstić information content (AvgIpc) is 0.847. The molecule has 33 nitrogen and oxygen atoms in total. The van der Waals surface area contributed by atoms with E-state index in [1.807, 2.05) is 36.4 Å². The summed E-state index contributed by atoms with van der Waals surface area (Å²) in [5, 5.41) is 26.8. The van der Waals surface area contributed by atoms with Crippen molar-refractivity contribution in [3.05, 3.63) is 252 Å². The monoisotopic (exact) mass is 1570 g/mol. The largest absolute Gasteiger partial charge is 0.469 e. The Morgan fingerprint density at radius 2 is 0.786 bits per heavy atom. The molecule has 586 valence electrons. The Hall–Kier alpha value is -14.6. The summed E-state index contributed by atoms with van der Waals surface area (Å²) in [7, 11) is 3.36. The van der Waals surface area contributed by atoms with Crippen LogP contribution in [0.4, 0.5) is 50.7 Å². The number of nitrogens with one attached hydrogen (secondary N) is 4. The molecule has 0 saturated heterocycles. The quantitative estimate of drug-likeness (QED) is 0.0116. The van der Waals surface area contributed by atoms with Crippen LogP contribution in [-0.4, -0.2) is 117 Å². The van der Waals surface area contributed by atoms with Gasteiger partial charge in [0.1, 0.15) is 93.3 Å². The zero-order chi connectivity index (χ0) is 81.5. The number of benzene rings is 7. The summed E-state index contributed by atoms with van der Waals surface area (Å²) in [6.07, 6.45) is -0.978. The maximum Gasteiger partial charge on any atom is 0.409 e. The number of aliphatic hydroxyl groups excluding tert-OH is 1. The Morgan fingerprint density at radius 1 is 0.464 bits per heavy atom. The third-order valence-electron chi connectivity index (χ3n) is 13.8. The molecule has 0 unspecified atom stereocenters. The second-order valence-corrected chi connectivity index (χ2v) is 22.3. The molecular weight excluding hydrogens is 1490 g/mol. The van der Waals surface area contributed by atoms with E-state index < -0.39 is 82.5 Å². The minimum Gasteiger partial charge on any atom is -0.469 e. The SMILES string of the molecule is CO.COC(=O)C[C@H](NC(=O)Nc1cccc(-c2ccc(Oc3ccc(F)cc3)cc2)n1)C(N)=O.COC(=O)[C@@H](N)CC(N)=O.N.NC(=O)C[C@H](NC(=O)Nc1cccc(-c2ccc(Oc3ccc(F)cc3)cc2)n1)C(N)=O.Nc1cccc(-c2ccc(Oc3ccc(F)cc3)cc2)n1.O=C(Cl)Oc1ccc([N+](=O)[O-])cc1. The van der Waals surface area contributed by atoms with Crippen LogP contribution >= 0.6 is 11.6 Å².